The topological polar surface area (TPSA) is 9.72 Å². The van der Waals surface area contributed by atoms with Crippen LogP contribution < -0.4 is 0 Å². The molecule has 0 unspecified atom stereocenters. The van der Waals surface area contributed by atoms with E-state index in [1.165, 1.54) is 71.4 Å². The minimum Gasteiger partial charge on any atom is -0.306 e. The fourth-order valence-corrected chi connectivity index (χ4v) is 4.83. The molecule has 0 bridgehead atoms. The van der Waals surface area contributed by atoms with Crippen LogP contribution in [0, 0.1) is 10.8 Å². The molecule has 230 valence electrons. The first-order valence-corrected chi connectivity index (χ1v) is 16.2. The molecule has 0 amide bonds. The molecule has 3 heterocycles. The molecule has 0 atom stereocenters. The van der Waals surface area contributed by atoms with Crippen molar-refractivity contribution >= 4 is 12.6 Å². The van der Waals surface area contributed by atoms with Crippen molar-refractivity contribution < 1.29 is 0 Å². The molecule has 0 saturated carbocycles. The van der Waals surface area contributed by atoms with Crippen LogP contribution in [0.25, 0.3) is 0 Å². The van der Waals surface area contributed by atoms with E-state index in [9.17, 15) is 0 Å². The number of piperidine rings is 1. The van der Waals surface area contributed by atoms with Gasteiger partial charge < -0.3 is 14.7 Å². The highest BCUT2D eigenvalue weighted by atomic mass is 32.1. The lowest BCUT2D eigenvalue weighted by Gasteiger charge is -2.53. The zero-order valence-electron chi connectivity index (χ0n) is 28.6. The highest BCUT2D eigenvalue weighted by Gasteiger charge is 2.42. The molecule has 0 N–H and O–H groups in total. The summed E-state index contributed by atoms with van der Waals surface area (Å²) in [5.74, 6) is 0. The van der Waals surface area contributed by atoms with Crippen LogP contribution in [0.5, 0.6) is 0 Å². The van der Waals surface area contributed by atoms with Crippen molar-refractivity contribution in [3.8, 4) is 0 Å². The minimum absolute atomic E-state index is 0. The van der Waals surface area contributed by atoms with Gasteiger partial charge in [0.15, 0.2) is 0 Å². The first-order chi connectivity index (χ1) is 16.8. The van der Waals surface area contributed by atoms with E-state index in [1.54, 1.807) is 6.26 Å². The molecule has 36 heavy (non-hydrogen) atoms. The van der Waals surface area contributed by atoms with Gasteiger partial charge in [0, 0.05) is 38.1 Å². The summed E-state index contributed by atoms with van der Waals surface area (Å²) in [4.78, 5) is 7.30. The standard InChI is InChI=1S/C9H18N2.C8H17N.C3H8.5C2H6.CH4S.CH4/c1-10-5-3-4-9(6-10)7-11(2)8-9;1-4-5-8(2)6-9(3)7-8;1-3-2;6*1-2;/h3-8H2,1-2H3;4-7H2,1-3H3;3H2,1-2H3;5*1-2H3;2H,1H3;1H4. The predicted octanol–water partition coefficient (Wildman–Crippen LogP) is 10.1. The second kappa shape index (κ2) is 39.7. The molecule has 0 aliphatic carbocycles. The van der Waals surface area contributed by atoms with E-state index in [-0.39, 0.29) is 7.43 Å². The molecule has 3 fully saturated rings. The summed E-state index contributed by atoms with van der Waals surface area (Å²) < 4.78 is 0. The first kappa shape index (κ1) is 52.6. The Bertz CT molecular complexity index is 314. The lowest BCUT2D eigenvalue weighted by Crippen LogP contribution is -2.60. The highest BCUT2D eigenvalue weighted by Crippen LogP contribution is 2.37. The molecule has 0 aromatic rings. The molecule has 3 nitrogen and oxygen atoms in total. The summed E-state index contributed by atoms with van der Waals surface area (Å²) in [5.41, 5.74) is 1.37. The molecular formula is C32H81N3S. The highest BCUT2D eigenvalue weighted by molar-refractivity contribution is 7.79. The Hall–Kier alpha value is 0.230. The fraction of sp³-hybridized carbons (Fsp3) is 1.00. The van der Waals surface area contributed by atoms with Crippen LogP contribution in [0.4, 0.5) is 0 Å². The van der Waals surface area contributed by atoms with Crippen LogP contribution in [-0.2, 0) is 0 Å². The maximum Gasteiger partial charge on any atom is 0.00849 e. The average molecular weight is 540 g/mol. The van der Waals surface area contributed by atoms with Gasteiger partial charge in [0.05, 0.1) is 0 Å². The van der Waals surface area contributed by atoms with Gasteiger partial charge in [-0.2, -0.15) is 12.6 Å². The summed E-state index contributed by atoms with van der Waals surface area (Å²) in [5, 5.41) is 0. The van der Waals surface area contributed by atoms with Crippen molar-refractivity contribution in [2.75, 3.05) is 66.7 Å². The van der Waals surface area contributed by atoms with Crippen molar-refractivity contribution in [1.82, 2.24) is 14.7 Å². The number of hydrogen-bond acceptors (Lipinski definition) is 4. The number of likely N-dealkylation sites (tertiary alicyclic amines) is 3. The van der Waals surface area contributed by atoms with Crippen LogP contribution >= 0.6 is 12.6 Å². The summed E-state index contributed by atoms with van der Waals surface area (Å²) in [6, 6.07) is 0. The molecule has 0 aromatic carbocycles. The van der Waals surface area contributed by atoms with Gasteiger partial charge in [-0.05, 0) is 58.6 Å². The predicted molar refractivity (Wildman–Crippen MR) is 182 cm³/mol. The Balaban J connectivity index is -0.0000000609. The maximum atomic E-state index is 3.53. The van der Waals surface area contributed by atoms with Gasteiger partial charge in [0.2, 0.25) is 0 Å². The quantitative estimate of drug-likeness (QED) is 0.350. The fourth-order valence-electron chi connectivity index (χ4n) is 4.83. The van der Waals surface area contributed by atoms with Crippen LogP contribution in [0.3, 0.4) is 0 Å². The van der Waals surface area contributed by atoms with Crippen molar-refractivity contribution in [3.05, 3.63) is 0 Å². The number of rotatable bonds is 2. The SMILES string of the molecule is C.CC.CC.CC.CC.CC.CCC.CCCC1(C)CN(C)C1.CN1CCCC2(C1)CN(C)C2.CS. The second-order valence-electron chi connectivity index (χ2n) is 8.95. The van der Waals surface area contributed by atoms with E-state index in [1.807, 2.05) is 69.2 Å². The van der Waals surface area contributed by atoms with Gasteiger partial charge in [-0.15, -0.1) is 0 Å². The molecule has 0 aromatic heterocycles. The summed E-state index contributed by atoms with van der Waals surface area (Å²) in [7, 11) is 6.66. The zero-order valence-corrected chi connectivity index (χ0v) is 29.5. The maximum absolute atomic E-state index is 3.53. The van der Waals surface area contributed by atoms with Crippen molar-refractivity contribution in [2.45, 2.75) is 136 Å². The molecule has 0 radical (unpaired) electrons. The van der Waals surface area contributed by atoms with Crippen molar-refractivity contribution in [2.24, 2.45) is 10.8 Å². The molecule has 3 aliphatic heterocycles. The molecular weight excluding hydrogens is 458 g/mol. The van der Waals surface area contributed by atoms with E-state index in [0.717, 1.165) is 0 Å². The van der Waals surface area contributed by atoms with E-state index in [4.69, 9.17) is 0 Å². The Kier molecular flexibility index (Phi) is 58.1. The van der Waals surface area contributed by atoms with Crippen LogP contribution in [0.15, 0.2) is 0 Å². The lowest BCUT2D eigenvalue weighted by molar-refractivity contribution is -0.0330. The number of thiol groups is 1. The van der Waals surface area contributed by atoms with Gasteiger partial charge in [-0.3, -0.25) is 0 Å². The van der Waals surface area contributed by atoms with Crippen molar-refractivity contribution in [3.63, 3.8) is 0 Å². The Morgan fingerprint density at radius 1 is 0.611 bits per heavy atom. The Labute approximate surface area is 241 Å². The van der Waals surface area contributed by atoms with Gasteiger partial charge >= 0.3 is 0 Å². The summed E-state index contributed by atoms with van der Waals surface area (Å²) >= 11 is 3.53. The monoisotopic (exact) mass is 540 g/mol. The van der Waals surface area contributed by atoms with E-state index >= 15 is 0 Å². The summed E-state index contributed by atoms with van der Waals surface area (Å²) in [6.45, 7) is 36.8. The van der Waals surface area contributed by atoms with Gasteiger partial charge in [0.1, 0.15) is 0 Å². The molecule has 1 spiro atoms. The minimum atomic E-state index is 0. The Morgan fingerprint density at radius 3 is 1.17 bits per heavy atom. The van der Waals surface area contributed by atoms with Crippen LogP contribution in [0.2, 0.25) is 0 Å². The summed E-state index contributed by atoms with van der Waals surface area (Å²) in [6.07, 6.45) is 8.55. The van der Waals surface area contributed by atoms with E-state index < -0.39 is 0 Å². The molecule has 3 saturated heterocycles. The van der Waals surface area contributed by atoms with Crippen LogP contribution in [0.1, 0.15) is 136 Å². The van der Waals surface area contributed by atoms with E-state index in [0.29, 0.717) is 10.8 Å². The zero-order chi connectivity index (χ0) is 29.5. The lowest BCUT2D eigenvalue weighted by atomic mass is 9.74. The van der Waals surface area contributed by atoms with Gasteiger partial charge in [-0.1, -0.05) is 117 Å². The average Bonchev–Trinajstić information content (AvgIpc) is 2.86. The largest absolute Gasteiger partial charge is 0.306 e. The smallest absolute Gasteiger partial charge is 0.00849 e. The van der Waals surface area contributed by atoms with Gasteiger partial charge in [-0.25, -0.2) is 0 Å². The first-order valence-electron chi connectivity index (χ1n) is 15.3. The third kappa shape index (κ3) is 28.8. The third-order valence-corrected chi connectivity index (χ3v) is 5.22. The number of hydrogen-bond donors (Lipinski definition) is 1. The van der Waals surface area contributed by atoms with Crippen molar-refractivity contribution in [1.29, 1.82) is 0 Å². The van der Waals surface area contributed by atoms with Gasteiger partial charge in [0.25, 0.3) is 0 Å². The number of nitrogens with zero attached hydrogens (tertiary/aromatic N) is 3. The molecule has 3 aliphatic rings. The van der Waals surface area contributed by atoms with E-state index in [2.05, 4.69) is 76.2 Å². The normalized spacial score (nSPS) is 17.8. The van der Waals surface area contributed by atoms with Crippen LogP contribution in [-0.4, -0.2) is 81.4 Å². The Morgan fingerprint density at radius 2 is 0.917 bits per heavy atom. The molecule has 4 heteroatoms. The second-order valence-corrected chi connectivity index (χ2v) is 8.95. The molecule has 3 rings (SSSR count). The third-order valence-electron chi connectivity index (χ3n) is 5.22.